The van der Waals surface area contributed by atoms with Crippen LogP contribution in [0.2, 0.25) is 0 Å². The topological polar surface area (TPSA) is 93.7 Å². The van der Waals surface area contributed by atoms with Gasteiger partial charge in [0.1, 0.15) is 0 Å². The third-order valence-electron chi connectivity index (χ3n) is 5.85. The molecule has 3 aromatic rings. The van der Waals surface area contributed by atoms with E-state index in [4.69, 9.17) is 5.21 Å². The summed E-state index contributed by atoms with van der Waals surface area (Å²) in [6.07, 6.45) is 2.90. The number of hydrogen-bond donors (Lipinski definition) is 4. The maximum atomic E-state index is 13.0. The molecule has 2 amide bonds. The third-order valence-corrected chi connectivity index (χ3v) is 5.85. The second kappa shape index (κ2) is 10.8. The average molecular weight is 457 g/mol. The minimum Gasteiger partial charge on any atom is -0.369 e. The number of hydrogen-bond acceptors (Lipinski definition) is 5. The first-order chi connectivity index (χ1) is 16.5. The number of amides is 2. The molecule has 1 aliphatic heterocycles. The van der Waals surface area contributed by atoms with Crippen LogP contribution in [0, 0.1) is 6.92 Å². The predicted octanol–water partition coefficient (Wildman–Crippen LogP) is 3.84. The highest BCUT2D eigenvalue weighted by atomic mass is 16.5. The maximum absolute atomic E-state index is 13.0. The van der Waals surface area contributed by atoms with Gasteiger partial charge in [0.2, 0.25) is 0 Å². The van der Waals surface area contributed by atoms with E-state index in [2.05, 4.69) is 27.7 Å². The Kier molecular flexibility index (Phi) is 7.37. The third kappa shape index (κ3) is 5.51. The number of anilines is 2. The molecule has 0 radical (unpaired) electrons. The van der Waals surface area contributed by atoms with E-state index < -0.39 is 5.91 Å². The summed E-state index contributed by atoms with van der Waals surface area (Å²) in [7, 11) is 0. The molecule has 1 fully saturated rings. The molecule has 34 heavy (non-hydrogen) atoms. The Morgan fingerprint density at radius 3 is 2.41 bits per heavy atom. The van der Waals surface area contributed by atoms with Crippen molar-refractivity contribution in [2.75, 3.05) is 36.4 Å². The van der Waals surface area contributed by atoms with Crippen LogP contribution in [-0.2, 0) is 4.79 Å². The molecule has 4 N–H and O–H groups in total. The van der Waals surface area contributed by atoms with Gasteiger partial charge in [0.15, 0.2) is 0 Å². The molecule has 3 aromatic carbocycles. The molecule has 1 aliphatic rings. The Morgan fingerprint density at radius 2 is 1.71 bits per heavy atom. The van der Waals surface area contributed by atoms with Gasteiger partial charge in [0.05, 0.1) is 5.69 Å². The van der Waals surface area contributed by atoms with Crippen LogP contribution in [-0.4, -0.2) is 43.2 Å². The molecule has 0 aliphatic carbocycles. The number of nitrogens with zero attached hydrogens (tertiary/aromatic N) is 1. The zero-order chi connectivity index (χ0) is 23.9. The molecule has 1 heterocycles. The number of nitrogens with one attached hydrogen (secondary N) is 3. The highest BCUT2D eigenvalue weighted by Crippen LogP contribution is 2.35. The van der Waals surface area contributed by atoms with Crippen molar-refractivity contribution < 1.29 is 14.8 Å². The monoisotopic (exact) mass is 456 g/mol. The van der Waals surface area contributed by atoms with Gasteiger partial charge in [0, 0.05) is 49.1 Å². The Hall–Kier alpha value is -3.94. The fraction of sp³-hybridized carbons (Fsp3) is 0.185. The zero-order valence-corrected chi connectivity index (χ0v) is 19.0. The lowest BCUT2D eigenvalue weighted by atomic mass is 9.96. The second-order valence-electron chi connectivity index (χ2n) is 8.17. The zero-order valence-electron chi connectivity index (χ0n) is 19.0. The lowest BCUT2D eigenvalue weighted by Gasteiger charge is -2.30. The van der Waals surface area contributed by atoms with E-state index in [0.29, 0.717) is 5.56 Å². The molecule has 0 saturated carbocycles. The van der Waals surface area contributed by atoms with Gasteiger partial charge in [-0.15, -0.1) is 0 Å². The van der Waals surface area contributed by atoms with Crippen molar-refractivity contribution in [3.05, 3.63) is 89.5 Å². The number of carbonyl (C=O) groups is 2. The molecule has 0 atom stereocenters. The summed E-state index contributed by atoms with van der Waals surface area (Å²) in [5.74, 6) is -0.748. The fourth-order valence-electron chi connectivity index (χ4n) is 4.08. The van der Waals surface area contributed by atoms with Gasteiger partial charge < -0.3 is 15.5 Å². The van der Waals surface area contributed by atoms with Gasteiger partial charge in [-0.2, -0.15) is 0 Å². The smallest absolute Gasteiger partial charge is 0.267 e. The minimum atomic E-state index is -0.587. The van der Waals surface area contributed by atoms with E-state index in [1.807, 2.05) is 49.4 Å². The number of aryl methyl sites for hydroxylation is 1. The molecular formula is C27H28N4O3. The normalized spacial score (nSPS) is 13.6. The quantitative estimate of drug-likeness (QED) is 0.257. The van der Waals surface area contributed by atoms with Gasteiger partial charge in [-0.3, -0.25) is 14.8 Å². The number of hydroxylamine groups is 1. The van der Waals surface area contributed by atoms with Crippen molar-refractivity contribution >= 4 is 29.3 Å². The first-order valence-electron chi connectivity index (χ1n) is 11.2. The first kappa shape index (κ1) is 23.2. The summed E-state index contributed by atoms with van der Waals surface area (Å²) in [6.45, 7) is 5.66. The molecule has 7 heteroatoms. The molecule has 0 spiro atoms. The summed E-state index contributed by atoms with van der Waals surface area (Å²) < 4.78 is 0. The minimum absolute atomic E-state index is 0.161. The molecular weight excluding hydrogens is 428 g/mol. The van der Waals surface area contributed by atoms with Crippen molar-refractivity contribution in [3.8, 4) is 11.1 Å². The van der Waals surface area contributed by atoms with Crippen LogP contribution < -0.4 is 21.0 Å². The SMILES string of the molecule is Cc1cc(/C=C/C(=O)NO)ccc1-c1ccc(N2CCNCC2)cc1NC(=O)c1ccccc1. The van der Waals surface area contributed by atoms with Crippen LogP contribution in [0.25, 0.3) is 17.2 Å². The van der Waals surface area contributed by atoms with Crippen LogP contribution in [0.15, 0.2) is 72.8 Å². The fourth-order valence-corrected chi connectivity index (χ4v) is 4.08. The van der Waals surface area contributed by atoms with Crippen LogP contribution in [0.4, 0.5) is 11.4 Å². The van der Waals surface area contributed by atoms with E-state index >= 15 is 0 Å². The number of piperazine rings is 1. The highest BCUT2D eigenvalue weighted by molar-refractivity contribution is 6.06. The van der Waals surface area contributed by atoms with E-state index in [1.165, 1.54) is 6.08 Å². The summed E-state index contributed by atoms with van der Waals surface area (Å²) in [6, 6.07) is 21.2. The Balaban J connectivity index is 1.70. The van der Waals surface area contributed by atoms with E-state index in [0.717, 1.165) is 59.8 Å². The van der Waals surface area contributed by atoms with E-state index in [-0.39, 0.29) is 5.91 Å². The number of carbonyl (C=O) groups excluding carboxylic acids is 2. The van der Waals surface area contributed by atoms with Crippen LogP contribution in [0.3, 0.4) is 0 Å². The summed E-state index contributed by atoms with van der Waals surface area (Å²) in [4.78, 5) is 26.6. The van der Waals surface area contributed by atoms with Gasteiger partial charge >= 0.3 is 0 Å². The lowest BCUT2D eigenvalue weighted by Crippen LogP contribution is -2.43. The molecule has 1 saturated heterocycles. The van der Waals surface area contributed by atoms with Gasteiger partial charge in [0.25, 0.3) is 11.8 Å². The van der Waals surface area contributed by atoms with E-state index in [9.17, 15) is 9.59 Å². The summed E-state index contributed by atoms with van der Waals surface area (Å²) >= 11 is 0. The van der Waals surface area contributed by atoms with Crippen molar-refractivity contribution in [1.29, 1.82) is 0 Å². The predicted molar refractivity (Wildman–Crippen MR) is 135 cm³/mol. The van der Waals surface area contributed by atoms with Crippen LogP contribution in [0.5, 0.6) is 0 Å². The Bertz CT molecular complexity index is 1200. The second-order valence-corrected chi connectivity index (χ2v) is 8.17. The van der Waals surface area contributed by atoms with Crippen molar-refractivity contribution in [2.24, 2.45) is 0 Å². The van der Waals surface area contributed by atoms with Crippen molar-refractivity contribution in [1.82, 2.24) is 10.8 Å². The van der Waals surface area contributed by atoms with Crippen molar-refractivity contribution in [3.63, 3.8) is 0 Å². The van der Waals surface area contributed by atoms with E-state index in [1.54, 1.807) is 23.7 Å². The Morgan fingerprint density at radius 1 is 0.971 bits per heavy atom. The number of benzene rings is 3. The maximum Gasteiger partial charge on any atom is 0.267 e. The molecule has 0 unspecified atom stereocenters. The molecule has 0 aromatic heterocycles. The van der Waals surface area contributed by atoms with Crippen LogP contribution in [0.1, 0.15) is 21.5 Å². The largest absolute Gasteiger partial charge is 0.369 e. The summed E-state index contributed by atoms with van der Waals surface area (Å²) in [5.41, 5.74) is 7.73. The van der Waals surface area contributed by atoms with Gasteiger partial charge in [-0.05, 0) is 54.0 Å². The van der Waals surface area contributed by atoms with Gasteiger partial charge in [-0.25, -0.2) is 5.48 Å². The molecule has 4 rings (SSSR count). The van der Waals surface area contributed by atoms with Gasteiger partial charge in [-0.1, -0.05) is 42.5 Å². The first-order valence-corrected chi connectivity index (χ1v) is 11.2. The molecule has 7 nitrogen and oxygen atoms in total. The molecule has 174 valence electrons. The van der Waals surface area contributed by atoms with Crippen LogP contribution >= 0.6 is 0 Å². The van der Waals surface area contributed by atoms with Crippen molar-refractivity contribution in [2.45, 2.75) is 6.92 Å². The standard InChI is InChI=1S/C27H28N4O3/c1-19-17-20(8-12-26(32)30-34)7-10-23(19)24-11-9-22(31-15-13-28-14-16-31)18-25(24)29-27(33)21-5-3-2-4-6-21/h2-12,17-18,28,34H,13-16H2,1H3,(H,29,33)(H,30,32)/b12-8+. The summed E-state index contributed by atoms with van der Waals surface area (Å²) in [5, 5.41) is 15.2. The highest BCUT2D eigenvalue weighted by Gasteiger charge is 2.16. The lowest BCUT2D eigenvalue weighted by molar-refractivity contribution is -0.124. The molecule has 0 bridgehead atoms. The number of rotatable bonds is 6. The Labute approximate surface area is 199 Å². The average Bonchev–Trinajstić information content (AvgIpc) is 2.88.